The fourth-order valence-electron chi connectivity index (χ4n) is 6.49. The van der Waals surface area contributed by atoms with Crippen molar-refractivity contribution in [2.24, 2.45) is 0 Å². The highest BCUT2D eigenvalue weighted by molar-refractivity contribution is 5.80. The highest BCUT2D eigenvalue weighted by Gasteiger charge is 2.32. The minimum absolute atomic E-state index is 0.139. The van der Waals surface area contributed by atoms with Gasteiger partial charge in [-0.3, -0.25) is 0 Å². The fraction of sp³-hybridized carbons (Fsp3) is 0.474. The first kappa shape index (κ1) is 28.5. The summed E-state index contributed by atoms with van der Waals surface area (Å²) >= 11 is 0. The standard InChI is InChI=1S/C38H50N2/c1-25(2)29-12-11-13-30(26(3)4)36(29)40-21-20-39(24-40)19-18-33-31-16-14-27(37(5,6)7)22-34(31)35-23-28(38(8,9)10)15-17-32(33)35/h11-17,20-23,25-26,33H,18-19,24H2,1-10H3. The maximum absolute atomic E-state index is 2.51. The van der Waals surface area contributed by atoms with Gasteiger partial charge in [0.2, 0.25) is 0 Å². The number of hydrogen-bond donors (Lipinski definition) is 0. The van der Waals surface area contributed by atoms with Gasteiger partial charge in [-0.1, -0.05) is 124 Å². The van der Waals surface area contributed by atoms with Crippen molar-refractivity contribution >= 4 is 5.69 Å². The van der Waals surface area contributed by atoms with Crippen LogP contribution in [-0.2, 0) is 10.8 Å². The molecule has 2 nitrogen and oxygen atoms in total. The Hall–Kier alpha value is -3.00. The van der Waals surface area contributed by atoms with Gasteiger partial charge in [-0.2, -0.15) is 0 Å². The van der Waals surface area contributed by atoms with E-state index in [2.05, 4.69) is 146 Å². The molecule has 0 radical (unpaired) electrons. The van der Waals surface area contributed by atoms with Crippen LogP contribution in [0.1, 0.15) is 127 Å². The Bertz CT molecular complexity index is 1320. The lowest BCUT2D eigenvalue weighted by atomic mass is 9.83. The van der Waals surface area contributed by atoms with Crippen LogP contribution in [0, 0.1) is 0 Å². The Morgan fingerprint density at radius 1 is 0.700 bits per heavy atom. The molecule has 1 aliphatic carbocycles. The molecular weight excluding hydrogens is 484 g/mol. The highest BCUT2D eigenvalue weighted by Crippen LogP contribution is 2.49. The molecule has 0 unspecified atom stereocenters. The van der Waals surface area contributed by atoms with Gasteiger partial charge in [-0.05, 0) is 73.6 Å². The molecule has 0 atom stereocenters. The maximum atomic E-state index is 2.51. The molecule has 5 rings (SSSR count). The Morgan fingerprint density at radius 3 is 1.65 bits per heavy atom. The molecule has 0 amide bonds. The minimum atomic E-state index is 0.139. The molecule has 2 heteroatoms. The van der Waals surface area contributed by atoms with Gasteiger partial charge in [0.1, 0.15) is 0 Å². The lowest BCUT2D eigenvalue weighted by molar-refractivity contribution is 0.389. The number of rotatable bonds is 6. The van der Waals surface area contributed by atoms with Crippen molar-refractivity contribution in [1.29, 1.82) is 0 Å². The van der Waals surface area contributed by atoms with Crippen LogP contribution in [0.2, 0.25) is 0 Å². The van der Waals surface area contributed by atoms with Crippen LogP contribution in [0.4, 0.5) is 5.69 Å². The van der Waals surface area contributed by atoms with Crippen molar-refractivity contribution in [2.75, 3.05) is 18.1 Å². The summed E-state index contributed by atoms with van der Waals surface area (Å²) in [4.78, 5) is 4.98. The van der Waals surface area contributed by atoms with E-state index in [1.807, 2.05) is 0 Å². The Morgan fingerprint density at radius 2 is 1.20 bits per heavy atom. The Kier molecular flexibility index (Phi) is 7.44. The minimum Gasteiger partial charge on any atom is -0.358 e. The molecular formula is C38H50N2. The van der Waals surface area contributed by atoms with Gasteiger partial charge in [0.25, 0.3) is 0 Å². The summed E-state index contributed by atoms with van der Waals surface area (Å²) in [5, 5.41) is 0. The largest absolute Gasteiger partial charge is 0.358 e. The van der Waals surface area contributed by atoms with Gasteiger partial charge >= 0.3 is 0 Å². The number of benzene rings is 3. The Balaban J connectivity index is 1.41. The maximum Gasteiger partial charge on any atom is 0.0942 e. The van der Waals surface area contributed by atoms with Gasteiger partial charge in [0, 0.05) is 30.5 Å². The second-order valence-electron chi connectivity index (χ2n) is 14.8. The first-order valence-electron chi connectivity index (χ1n) is 15.4. The highest BCUT2D eigenvalue weighted by atomic mass is 15.3. The summed E-state index contributed by atoms with van der Waals surface area (Å²) in [5.74, 6) is 1.43. The first-order valence-corrected chi connectivity index (χ1v) is 15.4. The second kappa shape index (κ2) is 10.4. The molecule has 1 heterocycles. The van der Waals surface area contributed by atoms with Crippen LogP contribution in [0.5, 0.6) is 0 Å². The van der Waals surface area contributed by atoms with Crippen molar-refractivity contribution in [2.45, 2.75) is 104 Å². The monoisotopic (exact) mass is 534 g/mol. The number of fused-ring (bicyclic) bond motifs is 3. The first-order chi connectivity index (χ1) is 18.8. The van der Waals surface area contributed by atoms with E-state index < -0.39 is 0 Å². The van der Waals surface area contributed by atoms with Crippen LogP contribution >= 0.6 is 0 Å². The average Bonchev–Trinajstić information content (AvgIpc) is 3.47. The number of para-hydroxylation sites is 1. The van der Waals surface area contributed by atoms with Crippen molar-refractivity contribution in [1.82, 2.24) is 4.90 Å². The van der Waals surface area contributed by atoms with E-state index in [0.29, 0.717) is 17.8 Å². The van der Waals surface area contributed by atoms with E-state index in [0.717, 1.165) is 19.6 Å². The molecule has 0 bridgehead atoms. The predicted molar refractivity (Wildman–Crippen MR) is 174 cm³/mol. The zero-order valence-corrected chi connectivity index (χ0v) is 26.6. The SMILES string of the molecule is CC(C)c1cccc(C(C)C)c1N1C=CN(CCC2c3ccc(C(C)(C)C)cc3-c3cc(C(C)(C)C)ccc32)C1. The molecule has 3 aromatic rings. The molecule has 0 saturated carbocycles. The van der Waals surface area contributed by atoms with Crippen LogP contribution in [0.15, 0.2) is 67.0 Å². The lowest BCUT2D eigenvalue weighted by Crippen LogP contribution is -2.28. The molecule has 0 saturated heterocycles. The number of nitrogens with zero attached hydrogens (tertiary/aromatic N) is 2. The van der Waals surface area contributed by atoms with Crippen molar-refractivity contribution in [3.63, 3.8) is 0 Å². The molecule has 0 fully saturated rings. The molecule has 0 N–H and O–H groups in total. The number of anilines is 1. The van der Waals surface area contributed by atoms with Crippen LogP contribution < -0.4 is 4.90 Å². The van der Waals surface area contributed by atoms with E-state index in [1.165, 1.54) is 50.2 Å². The summed E-state index contributed by atoms with van der Waals surface area (Å²) < 4.78 is 0. The summed E-state index contributed by atoms with van der Waals surface area (Å²) in [7, 11) is 0. The lowest BCUT2D eigenvalue weighted by Gasteiger charge is -2.29. The van der Waals surface area contributed by atoms with E-state index >= 15 is 0 Å². The number of hydrogen-bond acceptors (Lipinski definition) is 2. The molecule has 0 aromatic heterocycles. The molecule has 3 aromatic carbocycles. The topological polar surface area (TPSA) is 6.48 Å². The van der Waals surface area contributed by atoms with Gasteiger partial charge in [-0.25, -0.2) is 0 Å². The second-order valence-corrected chi connectivity index (χ2v) is 14.8. The Labute approximate surface area is 244 Å². The molecule has 1 aliphatic heterocycles. The summed E-state index contributed by atoms with van der Waals surface area (Å²) in [5.41, 5.74) is 13.3. The predicted octanol–water partition coefficient (Wildman–Crippen LogP) is 10.3. The van der Waals surface area contributed by atoms with Crippen molar-refractivity contribution in [3.8, 4) is 11.1 Å². The van der Waals surface area contributed by atoms with E-state index in [9.17, 15) is 0 Å². The van der Waals surface area contributed by atoms with Gasteiger partial charge in [0.05, 0.1) is 6.67 Å². The molecule has 2 aliphatic rings. The van der Waals surface area contributed by atoms with Gasteiger partial charge in [-0.15, -0.1) is 0 Å². The molecule has 0 spiro atoms. The van der Waals surface area contributed by atoms with Crippen molar-refractivity contribution in [3.05, 3.63) is 100 Å². The van der Waals surface area contributed by atoms with E-state index in [-0.39, 0.29) is 10.8 Å². The van der Waals surface area contributed by atoms with Crippen molar-refractivity contribution < 1.29 is 0 Å². The molecule has 212 valence electrons. The fourth-order valence-corrected chi connectivity index (χ4v) is 6.49. The van der Waals surface area contributed by atoms with Crippen LogP contribution in [0.25, 0.3) is 11.1 Å². The van der Waals surface area contributed by atoms with Gasteiger partial charge < -0.3 is 9.80 Å². The van der Waals surface area contributed by atoms with E-state index in [4.69, 9.17) is 0 Å². The third kappa shape index (κ3) is 5.35. The van der Waals surface area contributed by atoms with E-state index in [1.54, 1.807) is 0 Å². The summed E-state index contributed by atoms with van der Waals surface area (Å²) in [6.07, 6.45) is 5.73. The summed E-state index contributed by atoms with van der Waals surface area (Å²) in [6, 6.07) is 21.4. The van der Waals surface area contributed by atoms with Crippen LogP contribution in [-0.4, -0.2) is 18.1 Å². The molecule has 40 heavy (non-hydrogen) atoms. The zero-order chi connectivity index (χ0) is 29.0. The zero-order valence-electron chi connectivity index (χ0n) is 26.6. The summed E-state index contributed by atoms with van der Waals surface area (Å²) in [6.45, 7) is 25.1. The third-order valence-corrected chi connectivity index (χ3v) is 9.01. The quantitative estimate of drug-likeness (QED) is 0.310. The van der Waals surface area contributed by atoms with Crippen LogP contribution in [0.3, 0.4) is 0 Å². The smallest absolute Gasteiger partial charge is 0.0942 e. The third-order valence-electron chi connectivity index (χ3n) is 9.01. The van der Waals surface area contributed by atoms with Gasteiger partial charge in [0.15, 0.2) is 0 Å². The average molecular weight is 535 g/mol. The normalized spacial score (nSPS) is 15.5.